The molecule has 0 fully saturated rings. The molecule has 0 aliphatic rings. The lowest BCUT2D eigenvalue weighted by Gasteiger charge is -2.21. The van der Waals surface area contributed by atoms with Crippen LogP contribution in [0.2, 0.25) is 20.1 Å². The van der Waals surface area contributed by atoms with E-state index in [0.717, 1.165) is 7.11 Å². The van der Waals surface area contributed by atoms with Crippen molar-refractivity contribution in [1.82, 2.24) is 0 Å². The third-order valence-electron chi connectivity index (χ3n) is 2.85. The van der Waals surface area contributed by atoms with Gasteiger partial charge >= 0.3 is 13.6 Å². The van der Waals surface area contributed by atoms with Crippen LogP contribution in [0.3, 0.4) is 0 Å². The van der Waals surface area contributed by atoms with Gasteiger partial charge in [-0.1, -0.05) is 58.5 Å². The van der Waals surface area contributed by atoms with Crippen molar-refractivity contribution in [1.29, 1.82) is 0 Å². The van der Waals surface area contributed by atoms with Gasteiger partial charge in [-0.05, 0) is 24.3 Å². The minimum Gasteiger partial charge on any atom is -0.468 e. The third kappa shape index (κ3) is 5.19. The maximum atomic E-state index is 13.2. The first-order chi connectivity index (χ1) is 11.8. The molecule has 0 bridgehead atoms. The van der Waals surface area contributed by atoms with Gasteiger partial charge in [-0.25, -0.2) is 4.57 Å². The van der Waals surface area contributed by atoms with E-state index in [1.165, 1.54) is 24.3 Å². The van der Waals surface area contributed by atoms with E-state index in [-0.39, 0.29) is 31.6 Å². The SMILES string of the molecule is COC(=O)CP(=O)(Oc1c(Cl)cccc1Cl)Oc1c(Cl)cccc1Cl. The molecule has 0 spiro atoms. The molecule has 2 rings (SSSR count). The van der Waals surface area contributed by atoms with Crippen molar-refractivity contribution in [2.75, 3.05) is 13.3 Å². The first-order valence-electron chi connectivity index (χ1n) is 6.69. The van der Waals surface area contributed by atoms with Crippen LogP contribution in [0, 0.1) is 0 Å². The molecule has 0 N–H and O–H groups in total. The number of carbonyl (C=O) groups excluding carboxylic acids is 1. The zero-order valence-corrected chi connectivity index (χ0v) is 16.6. The average molecular weight is 444 g/mol. The number of methoxy groups -OCH3 is 1. The predicted octanol–water partition coefficient (Wildman–Crippen LogP) is 6.12. The molecule has 2 aromatic rings. The Morgan fingerprint density at radius 1 is 0.880 bits per heavy atom. The first-order valence-corrected chi connectivity index (χ1v) is 9.93. The van der Waals surface area contributed by atoms with Gasteiger partial charge in [-0.3, -0.25) is 4.79 Å². The number of esters is 1. The Hall–Kier alpha value is -1.10. The summed E-state index contributed by atoms with van der Waals surface area (Å²) in [4.78, 5) is 11.7. The second-order valence-corrected chi connectivity index (χ2v) is 8.16. The monoisotopic (exact) mass is 442 g/mol. The summed E-state index contributed by atoms with van der Waals surface area (Å²) < 4.78 is 28.5. The number of rotatable bonds is 6. The molecule has 0 radical (unpaired) electrons. The lowest BCUT2D eigenvalue weighted by molar-refractivity contribution is -0.137. The molecule has 0 amide bonds. The zero-order chi connectivity index (χ0) is 18.6. The van der Waals surface area contributed by atoms with Crippen molar-refractivity contribution in [2.24, 2.45) is 0 Å². The molecule has 0 aliphatic heterocycles. The van der Waals surface area contributed by atoms with E-state index in [0.29, 0.717) is 0 Å². The Labute approximate surface area is 164 Å². The Kier molecular flexibility index (Phi) is 6.89. The first kappa shape index (κ1) is 20.2. The third-order valence-corrected chi connectivity index (χ3v) is 5.61. The van der Waals surface area contributed by atoms with E-state index >= 15 is 0 Å². The molecule has 0 heterocycles. The van der Waals surface area contributed by atoms with Crippen molar-refractivity contribution in [3.05, 3.63) is 56.5 Å². The highest BCUT2D eigenvalue weighted by Gasteiger charge is 2.35. The standard InChI is InChI=1S/C15H11Cl4O5P/c1-22-13(20)8-25(21,23-14-9(16)4-2-5-10(14)17)24-15-11(18)6-3-7-12(15)19/h2-7H,8H2,1H3. The minimum atomic E-state index is -4.16. The number of hydrogen-bond donors (Lipinski definition) is 0. The van der Waals surface area contributed by atoms with Gasteiger partial charge in [-0.15, -0.1) is 0 Å². The van der Waals surface area contributed by atoms with Crippen molar-refractivity contribution in [2.45, 2.75) is 0 Å². The van der Waals surface area contributed by atoms with Crippen LogP contribution in [-0.4, -0.2) is 19.2 Å². The second kappa shape index (κ2) is 8.52. The van der Waals surface area contributed by atoms with Crippen molar-refractivity contribution in [3.8, 4) is 11.5 Å². The van der Waals surface area contributed by atoms with Crippen molar-refractivity contribution < 1.29 is 23.1 Å². The fourth-order valence-electron chi connectivity index (χ4n) is 1.72. The van der Waals surface area contributed by atoms with E-state index in [1.54, 1.807) is 12.1 Å². The fourth-order valence-corrected chi connectivity index (χ4v) is 4.45. The van der Waals surface area contributed by atoms with Crippen LogP contribution in [0.5, 0.6) is 11.5 Å². The number of para-hydroxylation sites is 2. The summed E-state index contributed by atoms with van der Waals surface area (Å²) >= 11 is 24.1. The average Bonchev–Trinajstić information content (AvgIpc) is 2.55. The minimum absolute atomic E-state index is 0.0893. The van der Waals surface area contributed by atoms with E-state index in [1.807, 2.05) is 0 Å². The summed E-state index contributed by atoms with van der Waals surface area (Å²) in [5, 5.41) is 0.357. The van der Waals surface area contributed by atoms with Crippen LogP contribution in [-0.2, 0) is 14.1 Å². The second-order valence-electron chi connectivity index (χ2n) is 4.63. The lowest BCUT2D eigenvalue weighted by atomic mass is 10.3. The van der Waals surface area contributed by atoms with Crippen LogP contribution in [0.4, 0.5) is 0 Å². The van der Waals surface area contributed by atoms with Gasteiger partial charge in [0.2, 0.25) is 0 Å². The number of carbonyl (C=O) groups is 1. The van der Waals surface area contributed by atoms with E-state index in [9.17, 15) is 9.36 Å². The quantitative estimate of drug-likeness (QED) is 0.397. The highest BCUT2D eigenvalue weighted by Crippen LogP contribution is 2.53. The van der Waals surface area contributed by atoms with Crippen LogP contribution in [0.15, 0.2) is 36.4 Å². The highest BCUT2D eigenvalue weighted by atomic mass is 35.5. The molecule has 5 nitrogen and oxygen atoms in total. The number of hydrogen-bond acceptors (Lipinski definition) is 5. The van der Waals surface area contributed by atoms with Gasteiger partial charge < -0.3 is 13.8 Å². The molecule has 2 aromatic carbocycles. The van der Waals surface area contributed by atoms with Crippen molar-refractivity contribution >= 4 is 60.0 Å². The Balaban J connectivity index is 2.44. The van der Waals surface area contributed by atoms with Gasteiger partial charge in [-0.2, -0.15) is 0 Å². The fraction of sp³-hybridized carbons (Fsp3) is 0.133. The Morgan fingerprint density at radius 3 is 1.56 bits per heavy atom. The molecular formula is C15H11Cl4O5P. The molecule has 0 saturated heterocycles. The van der Waals surface area contributed by atoms with E-state index in [2.05, 4.69) is 4.74 Å². The largest absolute Gasteiger partial charge is 0.468 e. The molecule has 10 heteroatoms. The van der Waals surface area contributed by atoms with Gasteiger partial charge in [0.25, 0.3) is 0 Å². The molecular weight excluding hydrogens is 433 g/mol. The molecule has 134 valence electrons. The van der Waals surface area contributed by atoms with E-state index < -0.39 is 19.7 Å². The zero-order valence-electron chi connectivity index (χ0n) is 12.7. The molecule has 0 atom stereocenters. The summed E-state index contributed by atoms with van der Waals surface area (Å²) in [5.41, 5.74) is 0. The van der Waals surface area contributed by atoms with Crippen LogP contribution in [0.1, 0.15) is 0 Å². The topological polar surface area (TPSA) is 61.8 Å². The van der Waals surface area contributed by atoms with Gasteiger partial charge in [0.15, 0.2) is 17.7 Å². The van der Waals surface area contributed by atoms with E-state index in [4.69, 9.17) is 55.5 Å². The van der Waals surface area contributed by atoms with Gasteiger partial charge in [0.05, 0.1) is 27.2 Å². The maximum Gasteiger partial charge on any atom is 0.442 e. The highest BCUT2D eigenvalue weighted by molar-refractivity contribution is 7.55. The predicted molar refractivity (Wildman–Crippen MR) is 98.7 cm³/mol. The van der Waals surface area contributed by atoms with Crippen LogP contribution >= 0.6 is 54.0 Å². The molecule has 0 aliphatic carbocycles. The van der Waals surface area contributed by atoms with Crippen LogP contribution in [0.25, 0.3) is 0 Å². The summed E-state index contributed by atoms with van der Waals surface area (Å²) in [6, 6.07) is 9.08. The molecule has 0 saturated carbocycles. The van der Waals surface area contributed by atoms with Gasteiger partial charge in [0, 0.05) is 0 Å². The Bertz CT molecular complexity index is 745. The van der Waals surface area contributed by atoms with Crippen molar-refractivity contribution in [3.63, 3.8) is 0 Å². The summed E-state index contributed by atoms with van der Waals surface area (Å²) in [5.74, 6) is -1.02. The maximum absolute atomic E-state index is 13.2. The molecule has 25 heavy (non-hydrogen) atoms. The molecule has 0 aromatic heterocycles. The number of ether oxygens (including phenoxy) is 1. The smallest absolute Gasteiger partial charge is 0.442 e. The summed E-state index contributed by atoms with van der Waals surface area (Å²) in [6.07, 6.45) is -0.702. The Morgan fingerprint density at radius 2 is 1.24 bits per heavy atom. The summed E-state index contributed by atoms with van der Waals surface area (Å²) in [7, 11) is -3.02. The summed E-state index contributed by atoms with van der Waals surface area (Å²) in [6.45, 7) is 0. The van der Waals surface area contributed by atoms with Crippen LogP contribution < -0.4 is 9.05 Å². The molecule has 0 unspecified atom stereocenters. The normalized spacial score (nSPS) is 11.1. The number of benzene rings is 2. The lowest BCUT2D eigenvalue weighted by Crippen LogP contribution is -2.14. The van der Waals surface area contributed by atoms with Gasteiger partial charge in [0.1, 0.15) is 0 Å². The number of halogens is 4.